The molecule has 2 amide bonds. The van der Waals surface area contributed by atoms with Crippen LogP contribution in [0.3, 0.4) is 0 Å². The SMILES string of the molecule is C=CCNC(=O)Nc1ccc(OCc2cccc(C#N)c2)c(F)c1. The van der Waals surface area contributed by atoms with Crippen LogP contribution in [-0.4, -0.2) is 12.6 Å². The standard InChI is InChI=1S/C18H16FN3O2/c1-2-8-21-18(23)22-15-6-7-17(16(19)10-15)24-12-14-5-3-4-13(9-14)11-20/h2-7,9-10H,1,8,12H2,(H2,21,22,23). The molecule has 0 saturated carbocycles. The Morgan fingerprint density at radius 2 is 2.17 bits per heavy atom. The Balaban J connectivity index is 1.98. The number of nitrogens with one attached hydrogen (secondary N) is 2. The number of rotatable bonds is 6. The van der Waals surface area contributed by atoms with E-state index in [0.717, 1.165) is 5.56 Å². The number of urea groups is 1. The molecule has 0 atom stereocenters. The summed E-state index contributed by atoms with van der Waals surface area (Å²) < 4.78 is 19.5. The maximum absolute atomic E-state index is 14.0. The van der Waals surface area contributed by atoms with Gasteiger partial charge in [-0.05, 0) is 29.8 Å². The van der Waals surface area contributed by atoms with E-state index in [-0.39, 0.29) is 12.4 Å². The lowest BCUT2D eigenvalue weighted by atomic mass is 10.1. The van der Waals surface area contributed by atoms with Crippen LogP contribution >= 0.6 is 0 Å². The quantitative estimate of drug-likeness (QED) is 0.797. The van der Waals surface area contributed by atoms with Crippen molar-refractivity contribution in [3.63, 3.8) is 0 Å². The number of nitriles is 1. The molecule has 0 spiro atoms. The minimum absolute atomic E-state index is 0.0643. The van der Waals surface area contributed by atoms with Gasteiger partial charge in [-0.2, -0.15) is 5.26 Å². The lowest BCUT2D eigenvalue weighted by Crippen LogP contribution is -2.28. The van der Waals surface area contributed by atoms with E-state index in [2.05, 4.69) is 17.2 Å². The van der Waals surface area contributed by atoms with E-state index in [1.54, 1.807) is 30.3 Å². The van der Waals surface area contributed by atoms with Gasteiger partial charge < -0.3 is 15.4 Å². The van der Waals surface area contributed by atoms with E-state index in [1.807, 2.05) is 6.07 Å². The molecule has 0 aromatic heterocycles. The summed E-state index contributed by atoms with van der Waals surface area (Å²) in [6, 6.07) is 12.6. The molecule has 2 rings (SSSR count). The second-order valence-electron chi connectivity index (χ2n) is 4.87. The van der Waals surface area contributed by atoms with Crippen molar-refractivity contribution >= 4 is 11.7 Å². The topological polar surface area (TPSA) is 74.2 Å². The molecule has 0 bridgehead atoms. The first-order valence-electron chi connectivity index (χ1n) is 7.19. The van der Waals surface area contributed by atoms with Crippen molar-refractivity contribution in [2.75, 3.05) is 11.9 Å². The number of carbonyl (C=O) groups is 1. The lowest BCUT2D eigenvalue weighted by Gasteiger charge is -2.10. The zero-order valence-electron chi connectivity index (χ0n) is 12.9. The molecule has 0 radical (unpaired) electrons. The predicted octanol–water partition coefficient (Wildman–Crippen LogP) is 3.58. The van der Waals surface area contributed by atoms with Crippen molar-refractivity contribution in [2.24, 2.45) is 0 Å². The summed E-state index contributed by atoms with van der Waals surface area (Å²) in [5, 5.41) is 13.9. The molecule has 0 aliphatic carbocycles. The molecule has 0 saturated heterocycles. The number of hydrogen-bond donors (Lipinski definition) is 2. The Kier molecular flexibility index (Phi) is 5.92. The van der Waals surface area contributed by atoms with Crippen LogP contribution in [0, 0.1) is 17.1 Å². The van der Waals surface area contributed by atoms with Gasteiger partial charge in [0.1, 0.15) is 6.61 Å². The van der Waals surface area contributed by atoms with Gasteiger partial charge in [0, 0.05) is 18.3 Å². The van der Waals surface area contributed by atoms with Crippen molar-refractivity contribution in [3.05, 3.63) is 72.1 Å². The van der Waals surface area contributed by atoms with Crippen molar-refractivity contribution < 1.29 is 13.9 Å². The summed E-state index contributed by atoms with van der Waals surface area (Å²) >= 11 is 0. The highest BCUT2D eigenvalue weighted by Crippen LogP contribution is 2.22. The fourth-order valence-corrected chi connectivity index (χ4v) is 1.93. The highest BCUT2D eigenvalue weighted by Gasteiger charge is 2.07. The highest BCUT2D eigenvalue weighted by atomic mass is 19.1. The maximum atomic E-state index is 14.0. The number of amides is 2. The predicted molar refractivity (Wildman–Crippen MR) is 89.1 cm³/mol. The van der Waals surface area contributed by atoms with Gasteiger partial charge in [-0.15, -0.1) is 6.58 Å². The van der Waals surface area contributed by atoms with Crippen LogP contribution in [0.4, 0.5) is 14.9 Å². The van der Waals surface area contributed by atoms with E-state index in [1.165, 1.54) is 18.2 Å². The Labute approximate surface area is 139 Å². The smallest absolute Gasteiger partial charge is 0.319 e. The van der Waals surface area contributed by atoms with Gasteiger partial charge in [0.15, 0.2) is 11.6 Å². The second kappa shape index (κ2) is 8.34. The monoisotopic (exact) mass is 325 g/mol. The Hall–Kier alpha value is -3.33. The minimum Gasteiger partial charge on any atom is -0.486 e. The van der Waals surface area contributed by atoms with Crippen LogP contribution in [-0.2, 0) is 6.61 Å². The van der Waals surface area contributed by atoms with Crippen LogP contribution in [0.1, 0.15) is 11.1 Å². The fourth-order valence-electron chi connectivity index (χ4n) is 1.93. The number of nitrogens with zero attached hydrogens (tertiary/aromatic N) is 1. The van der Waals surface area contributed by atoms with Crippen LogP contribution < -0.4 is 15.4 Å². The zero-order chi connectivity index (χ0) is 17.4. The first-order chi connectivity index (χ1) is 11.6. The van der Waals surface area contributed by atoms with E-state index >= 15 is 0 Å². The summed E-state index contributed by atoms with van der Waals surface area (Å²) in [6.07, 6.45) is 1.54. The molecule has 5 nitrogen and oxygen atoms in total. The van der Waals surface area contributed by atoms with Gasteiger partial charge >= 0.3 is 6.03 Å². The van der Waals surface area contributed by atoms with E-state index in [4.69, 9.17) is 10.00 Å². The molecule has 0 fully saturated rings. The number of anilines is 1. The normalized spacial score (nSPS) is 9.67. The molecule has 0 aliphatic rings. The highest BCUT2D eigenvalue weighted by molar-refractivity contribution is 5.89. The van der Waals surface area contributed by atoms with Gasteiger partial charge in [-0.1, -0.05) is 18.2 Å². The lowest BCUT2D eigenvalue weighted by molar-refractivity contribution is 0.253. The summed E-state index contributed by atoms with van der Waals surface area (Å²) in [5.74, 6) is -0.526. The van der Waals surface area contributed by atoms with Gasteiger partial charge in [-0.3, -0.25) is 0 Å². The first-order valence-corrected chi connectivity index (χ1v) is 7.19. The number of benzene rings is 2. The minimum atomic E-state index is -0.590. The molecule has 0 aliphatic heterocycles. The number of halogens is 1. The third-order valence-corrected chi connectivity index (χ3v) is 3.05. The van der Waals surface area contributed by atoms with Crippen molar-refractivity contribution in [3.8, 4) is 11.8 Å². The molecule has 122 valence electrons. The average molecular weight is 325 g/mol. The van der Waals surface area contributed by atoms with Crippen molar-refractivity contribution in [1.82, 2.24) is 5.32 Å². The van der Waals surface area contributed by atoms with Crippen LogP contribution in [0.25, 0.3) is 0 Å². The number of carbonyl (C=O) groups excluding carboxylic acids is 1. The average Bonchev–Trinajstić information content (AvgIpc) is 2.59. The van der Waals surface area contributed by atoms with Crippen LogP contribution in [0.5, 0.6) is 5.75 Å². The molecule has 0 unspecified atom stereocenters. The van der Waals surface area contributed by atoms with Crippen molar-refractivity contribution in [1.29, 1.82) is 5.26 Å². The van der Waals surface area contributed by atoms with Crippen LogP contribution in [0.15, 0.2) is 55.1 Å². The number of hydrogen-bond acceptors (Lipinski definition) is 3. The van der Waals surface area contributed by atoms with E-state index < -0.39 is 11.8 Å². The Bertz CT molecular complexity index is 784. The molecular weight excluding hydrogens is 309 g/mol. The summed E-state index contributed by atoms with van der Waals surface area (Å²) in [5.41, 5.74) is 1.59. The van der Waals surface area contributed by atoms with Gasteiger partial charge in [0.25, 0.3) is 0 Å². The van der Waals surface area contributed by atoms with Crippen LogP contribution in [0.2, 0.25) is 0 Å². The van der Waals surface area contributed by atoms with E-state index in [9.17, 15) is 9.18 Å². The largest absolute Gasteiger partial charge is 0.486 e. The zero-order valence-corrected chi connectivity index (χ0v) is 12.9. The molecule has 6 heteroatoms. The molecule has 2 aromatic carbocycles. The van der Waals surface area contributed by atoms with Gasteiger partial charge in [-0.25, -0.2) is 9.18 Å². The molecular formula is C18H16FN3O2. The molecule has 24 heavy (non-hydrogen) atoms. The third-order valence-electron chi connectivity index (χ3n) is 3.05. The summed E-state index contributed by atoms with van der Waals surface area (Å²) in [7, 11) is 0. The molecule has 2 N–H and O–H groups in total. The number of ether oxygens (including phenoxy) is 1. The third kappa shape index (κ3) is 4.85. The Morgan fingerprint density at radius 3 is 2.88 bits per heavy atom. The Morgan fingerprint density at radius 1 is 1.33 bits per heavy atom. The first kappa shape index (κ1) is 17.0. The van der Waals surface area contributed by atoms with E-state index in [0.29, 0.717) is 17.8 Å². The van der Waals surface area contributed by atoms with Crippen molar-refractivity contribution in [2.45, 2.75) is 6.61 Å². The molecule has 2 aromatic rings. The fraction of sp³-hybridized carbons (Fsp3) is 0.111. The summed E-state index contributed by atoms with van der Waals surface area (Å²) in [6.45, 7) is 3.94. The molecule has 0 heterocycles. The van der Waals surface area contributed by atoms with Gasteiger partial charge in [0.05, 0.1) is 11.6 Å². The second-order valence-corrected chi connectivity index (χ2v) is 4.87. The maximum Gasteiger partial charge on any atom is 0.319 e. The van der Waals surface area contributed by atoms with Gasteiger partial charge in [0.2, 0.25) is 0 Å². The summed E-state index contributed by atoms with van der Waals surface area (Å²) in [4.78, 5) is 11.5.